The summed E-state index contributed by atoms with van der Waals surface area (Å²) < 4.78 is 0. The molecule has 0 saturated heterocycles. The molecule has 0 spiro atoms. The van der Waals surface area contributed by atoms with Crippen LogP contribution in [0.25, 0.3) is 0 Å². The molecular formula is C35H58O. The first-order chi connectivity index (χ1) is 16.7. The second-order valence-electron chi connectivity index (χ2n) is 16.3. The zero-order valence-electron chi connectivity index (χ0n) is 25.2. The Bertz CT molecular complexity index is 906. The maximum Gasteiger partial charge on any atom is 0.0653 e. The van der Waals surface area contributed by atoms with E-state index in [1.807, 2.05) is 0 Å². The van der Waals surface area contributed by atoms with E-state index in [-0.39, 0.29) is 5.41 Å². The summed E-state index contributed by atoms with van der Waals surface area (Å²) in [6, 6.07) is 0. The molecule has 0 aromatic carbocycles. The van der Waals surface area contributed by atoms with E-state index in [4.69, 9.17) is 0 Å². The van der Waals surface area contributed by atoms with Gasteiger partial charge in [-0.25, -0.2) is 0 Å². The first-order valence-electron chi connectivity index (χ1n) is 15.8. The second kappa shape index (κ2) is 8.99. The van der Waals surface area contributed by atoms with E-state index >= 15 is 0 Å². The van der Waals surface area contributed by atoms with Crippen LogP contribution in [0.3, 0.4) is 0 Å². The minimum absolute atomic E-state index is 0.275. The monoisotopic (exact) mass is 494 g/mol. The number of aliphatic hydroxyl groups is 1. The van der Waals surface area contributed by atoms with Crippen LogP contribution in [-0.2, 0) is 0 Å². The van der Waals surface area contributed by atoms with Crippen LogP contribution in [-0.4, -0.2) is 10.7 Å². The quantitative estimate of drug-likeness (QED) is 0.385. The molecular weight excluding hydrogens is 436 g/mol. The Hall–Kier alpha value is -0.560. The number of hydrogen-bond donors (Lipinski definition) is 1. The molecule has 4 fully saturated rings. The molecule has 1 unspecified atom stereocenters. The van der Waals surface area contributed by atoms with Gasteiger partial charge in [-0.1, -0.05) is 71.3 Å². The number of rotatable bonds is 4. The van der Waals surface area contributed by atoms with Gasteiger partial charge in [0.25, 0.3) is 0 Å². The van der Waals surface area contributed by atoms with E-state index in [0.717, 1.165) is 37.0 Å². The molecule has 5 aliphatic carbocycles. The normalized spacial score (nSPS) is 49.1. The third-order valence-electron chi connectivity index (χ3n) is 13.8. The van der Waals surface area contributed by atoms with E-state index in [0.29, 0.717) is 28.1 Å². The predicted molar refractivity (Wildman–Crippen MR) is 154 cm³/mol. The third-order valence-corrected chi connectivity index (χ3v) is 13.8. The van der Waals surface area contributed by atoms with Gasteiger partial charge in [0.15, 0.2) is 0 Å². The molecule has 0 aromatic rings. The summed E-state index contributed by atoms with van der Waals surface area (Å²) in [6.45, 7) is 20.1. The maximum absolute atomic E-state index is 11.9. The molecule has 9 atom stereocenters. The number of fused-ring (bicyclic) bond motifs is 5. The van der Waals surface area contributed by atoms with Gasteiger partial charge in [0.05, 0.1) is 5.60 Å². The van der Waals surface area contributed by atoms with Crippen molar-refractivity contribution in [2.24, 2.45) is 51.2 Å². The first-order valence-corrected chi connectivity index (χ1v) is 15.8. The van der Waals surface area contributed by atoms with Crippen molar-refractivity contribution in [3.63, 3.8) is 0 Å². The van der Waals surface area contributed by atoms with Crippen LogP contribution in [0.4, 0.5) is 0 Å². The van der Waals surface area contributed by atoms with E-state index < -0.39 is 5.60 Å². The van der Waals surface area contributed by atoms with Crippen LogP contribution in [0.1, 0.15) is 139 Å². The fourth-order valence-corrected chi connectivity index (χ4v) is 11.9. The first kappa shape index (κ1) is 27.0. The molecule has 0 amide bonds. The third kappa shape index (κ3) is 4.12. The van der Waals surface area contributed by atoms with Gasteiger partial charge in [-0.3, -0.25) is 0 Å². The Kier molecular flexibility index (Phi) is 6.75. The van der Waals surface area contributed by atoms with Crippen molar-refractivity contribution in [2.75, 3.05) is 0 Å². The molecule has 4 saturated carbocycles. The van der Waals surface area contributed by atoms with Crippen molar-refractivity contribution in [1.29, 1.82) is 0 Å². The summed E-state index contributed by atoms with van der Waals surface area (Å²) in [5.74, 6) is 3.60. The molecule has 204 valence electrons. The summed E-state index contributed by atoms with van der Waals surface area (Å²) >= 11 is 0. The summed E-state index contributed by atoms with van der Waals surface area (Å²) in [4.78, 5) is 0. The molecule has 0 bridgehead atoms. The minimum Gasteiger partial charge on any atom is -0.390 e. The molecule has 0 aliphatic heterocycles. The molecule has 36 heavy (non-hydrogen) atoms. The van der Waals surface area contributed by atoms with Gasteiger partial charge >= 0.3 is 0 Å². The van der Waals surface area contributed by atoms with Gasteiger partial charge in [-0.05, 0) is 142 Å². The Balaban J connectivity index is 1.39. The smallest absolute Gasteiger partial charge is 0.0653 e. The summed E-state index contributed by atoms with van der Waals surface area (Å²) in [6.07, 6.45) is 21.8. The van der Waals surface area contributed by atoms with Gasteiger partial charge in [-0.2, -0.15) is 0 Å². The predicted octanol–water partition coefficient (Wildman–Crippen LogP) is 9.90. The van der Waals surface area contributed by atoms with E-state index in [1.54, 1.807) is 5.57 Å². The van der Waals surface area contributed by atoms with Crippen LogP contribution in [0, 0.1) is 51.2 Å². The highest BCUT2D eigenvalue weighted by Crippen LogP contribution is 2.74. The highest BCUT2D eigenvalue weighted by molar-refractivity contribution is 5.22. The van der Waals surface area contributed by atoms with Crippen molar-refractivity contribution in [2.45, 2.75) is 144 Å². The van der Waals surface area contributed by atoms with Crippen molar-refractivity contribution in [3.8, 4) is 0 Å². The van der Waals surface area contributed by atoms with Crippen molar-refractivity contribution in [3.05, 3.63) is 23.3 Å². The number of hydrogen-bond acceptors (Lipinski definition) is 1. The lowest BCUT2D eigenvalue weighted by Crippen LogP contribution is -2.65. The Morgan fingerprint density at radius 3 is 2.08 bits per heavy atom. The fraction of sp³-hybridized carbons (Fsp3) is 0.886. The van der Waals surface area contributed by atoms with E-state index in [2.05, 4.69) is 67.5 Å². The topological polar surface area (TPSA) is 20.2 Å². The Morgan fingerprint density at radius 1 is 0.778 bits per heavy atom. The van der Waals surface area contributed by atoms with Gasteiger partial charge in [0, 0.05) is 0 Å². The molecule has 1 nitrogen and oxygen atoms in total. The molecule has 5 aliphatic rings. The average molecular weight is 495 g/mol. The van der Waals surface area contributed by atoms with Crippen LogP contribution in [0.2, 0.25) is 0 Å². The van der Waals surface area contributed by atoms with Gasteiger partial charge in [0.1, 0.15) is 0 Å². The maximum atomic E-state index is 11.9. The Morgan fingerprint density at radius 2 is 1.39 bits per heavy atom. The zero-order valence-corrected chi connectivity index (χ0v) is 25.2. The summed E-state index contributed by atoms with van der Waals surface area (Å²) in [5, 5.41) is 11.9. The fourth-order valence-electron chi connectivity index (χ4n) is 11.9. The lowest BCUT2D eigenvalue weighted by molar-refractivity contribution is -0.237. The molecule has 0 aromatic heterocycles. The van der Waals surface area contributed by atoms with Crippen LogP contribution < -0.4 is 0 Å². The number of allylic oxidation sites excluding steroid dienone is 4. The highest BCUT2D eigenvalue weighted by atomic mass is 16.3. The van der Waals surface area contributed by atoms with Crippen molar-refractivity contribution in [1.82, 2.24) is 0 Å². The molecule has 0 heterocycles. The van der Waals surface area contributed by atoms with Gasteiger partial charge < -0.3 is 5.11 Å². The van der Waals surface area contributed by atoms with E-state index in [1.165, 1.54) is 69.8 Å². The zero-order chi connectivity index (χ0) is 26.1. The van der Waals surface area contributed by atoms with Crippen molar-refractivity contribution < 1.29 is 5.11 Å². The standard InChI is InChI=1S/C35H58O/c1-24-10-13-26(14-11-24)25(2)12-15-30-34(7)22-17-28-32(5)20-9-19-31(3,4)27(32)16-21-33(28,6)29(34)18-23-35(30,8)36/h10,14,25,27-30,36H,9,11-13,15-23H2,1-8H3/t25-,27+,28-,29+,30?,32+,33-,34+,35-/m1/s1. The molecule has 5 rings (SSSR count). The van der Waals surface area contributed by atoms with Crippen LogP contribution >= 0.6 is 0 Å². The SMILES string of the molecule is CC1=CCC([C@H](C)CCC2[C@](C)(O)CC[C@H]3[C@]4(C)CC[C@H]5C(C)(C)CCC[C@]5(C)[C@H]4CC[C@]23C)=CC1. The minimum atomic E-state index is -0.514. The largest absolute Gasteiger partial charge is 0.390 e. The molecule has 1 heteroatoms. The van der Waals surface area contributed by atoms with E-state index in [9.17, 15) is 5.11 Å². The van der Waals surface area contributed by atoms with Crippen LogP contribution in [0.5, 0.6) is 0 Å². The van der Waals surface area contributed by atoms with Crippen LogP contribution in [0.15, 0.2) is 23.3 Å². The lowest BCUT2D eigenvalue weighted by Gasteiger charge is -2.71. The molecule has 1 N–H and O–H groups in total. The van der Waals surface area contributed by atoms with Crippen molar-refractivity contribution >= 4 is 0 Å². The second-order valence-corrected chi connectivity index (χ2v) is 16.3. The highest BCUT2D eigenvalue weighted by Gasteiger charge is 2.67. The van der Waals surface area contributed by atoms with Gasteiger partial charge in [-0.15, -0.1) is 0 Å². The summed E-state index contributed by atoms with van der Waals surface area (Å²) in [5.41, 5.74) is 4.38. The average Bonchev–Trinajstić information content (AvgIpc) is 2.77. The molecule has 0 radical (unpaired) electrons. The summed E-state index contributed by atoms with van der Waals surface area (Å²) in [7, 11) is 0. The Labute approximate surface area is 224 Å². The van der Waals surface area contributed by atoms with Gasteiger partial charge in [0.2, 0.25) is 0 Å². The lowest BCUT2D eigenvalue weighted by atomic mass is 9.34.